The van der Waals surface area contributed by atoms with E-state index in [1.54, 1.807) is 22.2 Å². The number of benzene rings is 1. The van der Waals surface area contributed by atoms with Gasteiger partial charge < -0.3 is 0 Å². The van der Waals surface area contributed by atoms with E-state index in [1.165, 1.54) is 0 Å². The number of thiazole rings is 1. The first-order valence-electron chi connectivity index (χ1n) is 5.17. The third kappa shape index (κ3) is 2.24. The molecule has 0 amide bonds. The molecular weight excluding hydrogens is 232 g/mol. The van der Waals surface area contributed by atoms with Gasteiger partial charge in [0.25, 0.3) is 0 Å². The Bertz CT molecular complexity index is 586. The van der Waals surface area contributed by atoms with E-state index in [0.29, 0.717) is 6.54 Å². The van der Waals surface area contributed by atoms with Crippen LogP contribution in [0.1, 0.15) is 5.69 Å². The minimum Gasteiger partial charge on any atom is -0.247 e. The molecule has 0 atom stereocenters. The summed E-state index contributed by atoms with van der Waals surface area (Å²) in [4.78, 5) is 4.57. The van der Waals surface area contributed by atoms with Gasteiger partial charge in [0.15, 0.2) is 0 Å². The average molecular weight is 241 g/mol. The molecule has 3 rings (SSSR count). The van der Waals surface area contributed by atoms with E-state index in [1.807, 2.05) is 35.8 Å². The molecule has 0 N–H and O–H groups in total. The highest BCUT2D eigenvalue weighted by Gasteiger charge is 2.04. The van der Waals surface area contributed by atoms with Crippen molar-refractivity contribution < 1.29 is 0 Å². The molecule has 17 heavy (non-hydrogen) atoms. The van der Waals surface area contributed by atoms with Crippen molar-refractivity contribution in [2.75, 3.05) is 0 Å². The van der Waals surface area contributed by atoms with E-state index in [9.17, 15) is 0 Å². The first-order chi connectivity index (χ1) is 8.42. The Morgan fingerprint density at radius 2 is 2.18 bits per heavy atom. The van der Waals surface area contributed by atoms with Crippen LogP contribution in [0.25, 0.3) is 10.6 Å². The van der Waals surface area contributed by atoms with Crippen molar-refractivity contribution >= 4 is 11.3 Å². The highest BCUT2D eigenvalue weighted by molar-refractivity contribution is 7.13. The Labute approximate surface area is 103 Å². The van der Waals surface area contributed by atoms with Gasteiger partial charge in [0.1, 0.15) is 5.01 Å². The maximum absolute atomic E-state index is 4.57. The van der Waals surface area contributed by atoms with Gasteiger partial charge >= 0.3 is 0 Å². The van der Waals surface area contributed by atoms with Gasteiger partial charge in [0, 0.05) is 17.1 Å². The summed E-state index contributed by atoms with van der Waals surface area (Å²) in [5, 5.41) is 10.8. The van der Waals surface area contributed by atoms with E-state index in [4.69, 9.17) is 0 Å². The lowest BCUT2D eigenvalue weighted by molar-refractivity contribution is 0.641. The van der Waals surface area contributed by atoms with Crippen molar-refractivity contribution in [3.8, 4) is 10.6 Å². The molecule has 0 saturated carbocycles. The van der Waals surface area contributed by atoms with Gasteiger partial charge in [-0.25, -0.2) is 9.67 Å². The zero-order chi connectivity index (χ0) is 11.5. The summed E-state index contributed by atoms with van der Waals surface area (Å²) in [7, 11) is 0. The maximum Gasteiger partial charge on any atom is 0.123 e. The van der Waals surface area contributed by atoms with Crippen molar-refractivity contribution in [3.63, 3.8) is 0 Å². The van der Waals surface area contributed by atoms with Crippen LogP contribution >= 0.6 is 11.3 Å². The Kier molecular flexibility index (Phi) is 2.67. The molecule has 2 aromatic heterocycles. The van der Waals surface area contributed by atoms with Crippen molar-refractivity contribution in [3.05, 3.63) is 53.8 Å². The summed E-state index contributed by atoms with van der Waals surface area (Å²) >= 11 is 1.64. The van der Waals surface area contributed by atoms with E-state index in [0.717, 1.165) is 16.3 Å². The van der Waals surface area contributed by atoms with Crippen molar-refractivity contribution in [2.45, 2.75) is 6.54 Å². The summed E-state index contributed by atoms with van der Waals surface area (Å²) in [6.45, 7) is 0.662. The standard InChI is InChI=1S/C12H9N4S/c1-2-4-10(5-3-1)12-14-11(9-17-12)8-16-7-6-13-15-16/h2-7,9H,8H2. The van der Waals surface area contributed by atoms with Crippen LogP contribution in [0, 0.1) is 6.07 Å². The molecule has 0 spiro atoms. The van der Waals surface area contributed by atoms with Crippen LogP contribution < -0.4 is 0 Å². The lowest BCUT2D eigenvalue weighted by atomic mass is 10.2. The zero-order valence-corrected chi connectivity index (χ0v) is 9.76. The molecule has 0 aliphatic heterocycles. The van der Waals surface area contributed by atoms with E-state index in [-0.39, 0.29) is 0 Å². The molecule has 2 heterocycles. The van der Waals surface area contributed by atoms with Gasteiger partial charge in [-0.3, -0.25) is 0 Å². The van der Waals surface area contributed by atoms with Crippen LogP contribution in [0.4, 0.5) is 0 Å². The van der Waals surface area contributed by atoms with E-state index >= 15 is 0 Å². The van der Waals surface area contributed by atoms with Crippen LogP contribution in [0.15, 0.2) is 42.0 Å². The lowest BCUT2D eigenvalue weighted by Crippen LogP contribution is -2.00. The SMILES string of the molecule is [c]1ccc(-c2nc(Cn3ccnn3)cs2)cc1. The summed E-state index contributed by atoms with van der Waals surface area (Å²) in [6, 6.07) is 10.8. The molecule has 1 aromatic carbocycles. The summed E-state index contributed by atoms with van der Waals surface area (Å²) in [6.07, 6.45) is 3.50. The highest BCUT2D eigenvalue weighted by Crippen LogP contribution is 2.23. The highest BCUT2D eigenvalue weighted by atomic mass is 32.1. The molecular formula is C12H9N4S. The van der Waals surface area contributed by atoms with Gasteiger partial charge in [-0.2, -0.15) is 0 Å². The number of nitrogens with zero attached hydrogens (tertiary/aromatic N) is 4. The molecule has 0 aliphatic carbocycles. The molecule has 0 fully saturated rings. The Morgan fingerprint density at radius 1 is 1.29 bits per heavy atom. The fourth-order valence-electron chi connectivity index (χ4n) is 1.52. The molecule has 0 unspecified atom stereocenters. The number of aromatic nitrogens is 4. The predicted octanol–water partition coefficient (Wildman–Crippen LogP) is 2.25. The molecule has 4 nitrogen and oxygen atoms in total. The quantitative estimate of drug-likeness (QED) is 0.706. The first-order valence-corrected chi connectivity index (χ1v) is 6.05. The third-order valence-electron chi connectivity index (χ3n) is 2.31. The number of rotatable bonds is 3. The molecule has 0 aliphatic rings. The topological polar surface area (TPSA) is 43.6 Å². The second kappa shape index (κ2) is 4.47. The van der Waals surface area contributed by atoms with Crippen molar-refractivity contribution in [2.24, 2.45) is 0 Å². The van der Waals surface area contributed by atoms with Gasteiger partial charge in [0.2, 0.25) is 0 Å². The normalized spacial score (nSPS) is 10.6. The fourth-order valence-corrected chi connectivity index (χ4v) is 2.34. The minimum atomic E-state index is 0.662. The Morgan fingerprint density at radius 3 is 2.94 bits per heavy atom. The lowest BCUT2D eigenvalue weighted by Gasteiger charge is -1.95. The minimum absolute atomic E-state index is 0.662. The molecule has 3 aromatic rings. The van der Waals surface area contributed by atoms with Crippen molar-refractivity contribution in [1.82, 2.24) is 20.0 Å². The predicted molar refractivity (Wildman–Crippen MR) is 65.5 cm³/mol. The van der Waals surface area contributed by atoms with E-state index in [2.05, 4.69) is 21.4 Å². The van der Waals surface area contributed by atoms with E-state index < -0.39 is 0 Å². The maximum atomic E-state index is 4.57. The molecule has 0 saturated heterocycles. The van der Waals surface area contributed by atoms with Gasteiger partial charge in [0.05, 0.1) is 18.4 Å². The Hall–Kier alpha value is -2.01. The monoisotopic (exact) mass is 241 g/mol. The van der Waals surface area contributed by atoms with Crippen LogP contribution in [0.5, 0.6) is 0 Å². The second-order valence-corrected chi connectivity index (χ2v) is 4.39. The van der Waals surface area contributed by atoms with Crippen LogP contribution in [-0.2, 0) is 6.54 Å². The summed E-state index contributed by atoms with van der Waals surface area (Å²) < 4.78 is 1.76. The first kappa shape index (κ1) is 10.2. The molecule has 0 bridgehead atoms. The van der Waals surface area contributed by atoms with Crippen LogP contribution in [-0.4, -0.2) is 20.0 Å². The third-order valence-corrected chi connectivity index (χ3v) is 3.25. The van der Waals surface area contributed by atoms with Gasteiger partial charge in [-0.1, -0.05) is 29.5 Å². The molecule has 5 heteroatoms. The molecule has 1 radical (unpaired) electrons. The Balaban J connectivity index is 1.84. The van der Waals surface area contributed by atoms with Gasteiger partial charge in [-0.15, -0.1) is 16.4 Å². The number of hydrogen-bond donors (Lipinski definition) is 0. The van der Waals surface area contributed by atoms with Gasteiger partial charge in [-0.05, 0) is 6.07 Å². The average Bonchev–Trinajstić information content (AvgIpc) is 3.02. The smallest absolute Gasteiger partial charge is 0.123 e. The zero-order valence-electron chi connectivity index (χ0n) is 8.95. The summed E-state index contributed by atoms with van der Waals surface area (Å²) in [5.74, 6) is 0. The van der Waals surface area contributed by atoms with Crippen LogP contribution in [0.3, 0.4) is 0 Å². The number of hydrogen-bond acceptors (Lipinski definition) is 4. The second-order valence-electron chi connectivity index (χ2n) is 3.53. The van der Waals surface area contributed by atoms with Crippen molar-refractivity contribution in [1.29, 1.82) is 0 Å². The fraction of sp³-hybridized carbons (Fsp3) is 0.0833. The molecule has 83 valence electrons. The van der Waals surface area contributed by atoms with Crippen LogP contribution in [0.2, 0.25) is 0 Å². The largest absolute Gasteiger partial charge is 0.247 e. The summed E-state index contributed by atoms with van der Waals surface area (Å²) in [5.41, 5.74) is 2.13.